The van der Waals surface area contributed by atoms with Gasteiger partial charge in [-0.2, -0.15) is 5.10 Å². The number of hydrogen-bond donors (Lipinski definition) is 1. The van der Waals surface area contributed by atoms with Crippen LogP contribution in [0.5, 0.6) is 0 Å². The lowest BCUT2D eigenvalue weighted by Gasteiger charge is -2.21. The molecule has 0 aromatic carbocycles. The summed E-state index contributed by atoms with van der Waals surface area (Å²) in [6.45, 7) is 3.61. The first kappa shape index (κ1) is 15.3. The molecule has 2 heterocycles. The van der Waals surface area contributed by atoms with Crippen molar-refractivity contribution >= 4 is 11.8 Å². The number of carbonyl (C=O) groups is 1. The van der Waals surface area contributed by atoms with Crippen molar-refractivity contribution in [2.24, 2.45) is 0 Å². The topological polar surface area (TPSA) is 53.4 Å². The fraction of sp³-hybridized carbons (Fsp3) is 0.750. The number of nitrogens with zero attached hydrogens (tertiary/aromatic N) is 4. The second-order valence-corrected chi connectivity index (χ2v) is 6.84. The van der Waals surface area contributed by atoms with Gasteiger partial charge >= 0.3 is 6.03 Å². The van der Waals surface area contributed by atoms with Crippen LogP contribution >= 0.6 is 0 Å². The van der Waals surface area contributed by atoms with Crippen molar-refractivity contribution < 1.29 is 4.79 Å². The number of anilines is 1. The largest absolute Gasteiger partial charge is 0.323 e. The summed E-state index contributed by atoms with van der Waals surface area (Å²) in [6, 6.07) is 2.89. The zero-order valence-corrected chi connectivity index (χ0v) is 13.9. The highest BCUT2D eigenvalue weighted by Gasteiger charge is 2.28. The van der Waals surface area contributed by atoms with Crippen LogP contribution in [0.25, 0.3) is 0 Å². The van der Waals surface area contributed by atoms with Gasteiger partial charge in [-0.1, -0.05) is 12.8 Å². The third kappa shape index (κ3) is 3.11. The number of aryl methyl sites for hydroxylation is 1. The monoisotopic (exact) mass is 305 g/mol. The molecule has 1 aromatic heterocycles. The summed E-state index contributed by atoms with van der Waals surface area (Å²) >= 11 is 0. The number of likely N-dealkylation sites (N-methyl/N-ethyl adjacent to an activating group) is 1. The molecule has 2 amide bonds. The van der Waals surface area contributed by atoms with E-state index in [9.17, 15) is 4.79 Å². The minimum absolute atomic E-state index is 0.00324. The first-order valence-corrected chi connectivity index (χ1v) is 8.33. The zero-order valence-electron chi connectivity index (χ0n) is 13.9. The Bertz CT molecular complexity index is 533. The van der Waals surface area contributed by atoms with E-state index in [1.807, 2.05) is 22.6 Å². The van der Waals surface area contributed by atoms with E-state index in [1.165, 1.54) is 12.8 Å². The average Bonchev–Trinajstić information content (AvgIpc) is 3.18. The van der Waals surface area contributed by atoms with E-state index in [0.29, 0.717) is 12.1 Å². The summed E-state index contributed by atoms with van der Waals surface area (Å²) in [5.41, 5.74) is 0.967. The Hall–Kier alpha value is -1.56. The van der Waals surface area contributed by atoms with Crippen LogP contribution in [0.4, 0.5) is 10.6 Å². The number of likely N-dealkylation sites (tertiary alicyclic amines) is 1. The Morgan fingerprint density at radius 1 is 1.32 bits per heavy atom. The standard InChI is InChI=1S/C16H27N5O/c1-12-10-15(21(18-12)13-6-4-5-7-13)17-16(22)20-9-8-14(11-20)19(2)3/h10,13-14H,4-9,11H2,1-3H3,(H,17,22)/t14-/m1/s1. The van der Waals surface area contributed by atoms with Gasteiger partial charge in [-0.05, 0) is 40.3 Å². The molecule has 1 saturated heterocycles. The summed E-state index contributed by atoms with van der Waals surface area (Å²) in [6.07, 6.45) is 5.88. The zero-order chi connectivity index (χ0) is 15.7. The van der Waals surface area contributed by atoms with Crippen molar-refractivity contribution in [2.75, 3.05) is 32.5 Å². The molecule has 1 saturated carbocycles. The van der Waals surface area contributed by atoms with Crippen LogP contribution in [0, 0.1) is 6.92 Å². The van der Waals surface area contributed by atoms with Crippen LogP contribution in [0.3, 0.4) is 0 Å². The third-order valence-corrected chi connectivity index (χ3v) is 4.94. The Morgan fingerprint density at radius 3 is 2.68 bits per heavy atom. The van der Waals surface area contributed by atoms with Crippen molar-refractivity contribution in [2.45, 2.75) is 51.1 Å². The molecule has 2 aliphatic rings. The smallest absolute Gasteiger partial charge is 0.323 e. The van der Waals surface area contributed by atoms with E-state index in [4.69, 9.17) is 0 Å². The quantitative estimate of drug-likeness (QED) is 0.933. The molecular formula is C16H27N5O. The first-order valence-electron chi connectivity index (χ1n) is 8.33. The molecule has 0 spiro atoms. The van der Waals surface area contributed by atoms with Crippen molar-refractivity contribution in [3.05, 3.63) is 11.8 Å². The molecular weight excluding hydrogens is 278 g/mol. The molecule has 1 aromatic rings. The van der Waals surface area contributed by atoms with Crippen molar-refractivity contribution in [1.29, 1.82) is 0 Å². The maximum Gasteiger partial charge on any atom is 0.323 e. The SMILES string of the molecule is Cc1cc(NC(=O)N2CC[C@@H](N(C)C)C2)n(C2CCCC2)n1. The van der Waals surface area contributed by atoms with Crippen molar-refractivity contribution in [3.8, 4) is 0 Å². The van der Waals surface area contributed by atoms with E-state index < -0.39 is 0 Å². The number of amides is 2. The summed E-state index contributed by atoms with van der Waals surface area (Å²) < 4.78 is 2.03. The Morgan fingerprint density at radius 2 is 2.05 bits per heavy atom. The maximum atomic E-state index is 12.5. The van der Waals surface area contributed by atoms with Gasteiger partial charge < -0.3 is 9.80 Å². The lowest BCUT2D eigenvalue weighted by molar-refractivity contribution is 0.216. The van der Waals surface area contributed by atoms with Crippen LogP contribution in [0.1, 0.15) is 43.8 Å². The van der Waals surface area contributed by atoms with Crippen molar-refractivity contribution in [3.63, 3.8) is 0 Å². The molecule has 22 heavy (non-hydrogen) atoms. The van der Waals surface area contributed by atoms with Crippen LogP contribution in [0.2, 0.25) is 0 Å². The van der Waals surface area contributed by atoms with E-state index in [2.05, 4.69) is 29.4 Å². The molecule has 122 valence electrons. The van der Waals surface area contributed by atoms with Gasteiger partial charge in [0, 0.05) is 25.2 Å². The van der Waals surface area contributed by atoms with Gasteiger partial charge in [-0.25, -0.2) is 9.48 Å². The molecule has 1 aliphatic heterocycles. The average molecular weight is 305 g/mol. The lowest BCUT2D eigenvalue weighted by atomic mass is 10.2. The van der Waals surface area contributed by atoms with Crippen LogP contribution in [-0.4, -0.2) is 58.8 Å². The van der Waals surface area contributed by atoms with Gasteiger partial charge in [0.05, 0.1) is 11.7 Å². The molecule has 2 fully saturated rings. The van der Waals surface area contributed by atoms with Gasteiger partial charge in [0.25, 0.3) is 0 Å². The summed E-state index contributed by atoms with van der Waals surface area (Å²) in [5, 5.41) is 7.67. The predicted molar refractivity (Wildman–Crippen MR) is 87.2 cm³/mol. The molecule has 1 N–H and O–H groups in total. The molecule has 1 aliphatic carbocycles. The second-order valence-electron chi connectivity index (χ2n) is 6.84. The highest BCUT2D eigenvalue weighted by Crippen LogP contribution is 2.32. The van der Waals surface area contributed by atoms with Gasteiger partial charge in [0.2, 0.25) is 0 Å². The summed E-state index contributed by atoms with van der Waals surface area (Å²) in [4.78, 5) is 16.6. The number of rotatable bonds is 3. The molecule has 0 unspecified atom stereocenters. The Labute approximate surface area is 132 Å². The molecule has 6 heteroatoms. The molecule has 3 rings (SSSR count). The van der Waals surface area contributed by atoms with Crippen molar-refractivity contribution in [1.82, 2.24) is 19.6 Å². The highest BCUT2D eigenvalue weighted by atomic mass is 16.2. The minimum atomic E-state index is 0.00324. The first-order chi connectivity index (χ1) is 10.5. The number of urea groups is 1. The predicted octanol–water partition coefficient (Wildman–Crippen LogP) is 2.47. The van der Waals surface area contributed by atoms with Gasteiger partial charge in [-0.15, -0.1) is 0 Å². The number of nitrogens with one attached hydrogen (secondary N) is 1. The van der Waals surface area contributed by atoms with Crippen LogP contribution < -0.4 is 5.32 Å². The Balaban J connectivity index is 1.67. The Kier molecular flexibility index (Phi) is 4.38. The second kappa shape index (κ2) is 6.28. The summed E-state index contributed by atoms with van der Waals surface area (Å²) in [7, 11) is 4.15. The van der Waals surface area contributed by atoms with E-state index in [0.717, 1.165) is 43.9 Å². The van der Waals surface area contributed by atoms with Gasteiger partial charge in [0.15, 0.2) is 0 Å². The fourth-order valence-corrected chi connectivity index (χ4v) is 3.57. The number of carbonyl (C=O) groups excluding carboxylic acids is 1. The van der Waals surface area contributed by atoms with E-state index in [-0.39, 0.29) is 6.03 Å². The minimum Gasteiger partial charge on any atom is -0.323 e. The number of hydrogen-bond acceptors (Lipinski definition) is 3. The fourth-order valence-electron chi connectivity index (χ4n) is 3.57. The molecule has 6 nitrogen and oxygen atoms in total. The molecule has 0 radical (unpaired) electrons. The third-order valence-electron chi connectivity index (χ3n) is 4.94. The van der Waals surface area contributed by atoms with E-state index in [1.54, 1.807) is 0 Å². The van der Waals surface area contributed by atoms with E-state index >= 15 is 0 Å². The van der Waals surface area contributed by atoms with Gasteiger partial charge in [0.1, 0.15) is 5.82 Å². The lowest BCUT2D eigenvalue weighted by Crippen LogP contribution is -2.37. The number of aromatic nitrogens is 2. The molecule has 1 atom stereocenters. The molecule has 0 bridgehead atoms. The maximum absolute atomic E-state index is 12.5. The van der Waals surface area contributed by atoms with Crippen LogP contribution in [-0.2, 0) is 0 Å². The van der Waals surface area contributed by atoms with Gasteiger partial charge in [-0.3, -0.25) is 5.32 Å². The highest BCUT2D eigenvalue weighted by molar-refractivity contribution is 5.88. The normalized spacial score (nSPS) is 22.7. The van der Waals surface area contributed by atoms with Crippen LogP contribution in [0.15, 0.2) is 6.07 Å². The summed E-state index contributed by atoms with van der Waals surface area (Å²) in [5.74, 6) is 0.850.